The topological polar surface area (TPSA) is 56.2 Å². The Kier molecular flexibility index (Phi) is 6.40. The van der Waals surface area contributed by atoms with E-state index < -0.39 is 5.54 Å². The van der Waals surface area contributed by atoms with Gasteiger partial charge < -0.3 is 10.1 Å². The number of ether oxygens (including phenoxy) is 1. The number of nitrogens with one attached hydrogen (secondary N) is 1. The first-order valence-corrected chi connectivity index (χ1v) is 7.75. The molecule has 0 aliphatic heterocycles. The molecule has 1 rings (SSSR count). The van der Waals surface area contributed by atoms with E-state index in [-0.39, 0.29) is 5.97 Å². The zero-order chi connectivity index (χ0) is 16.0. The average molecular weight is 295 g/mol. The average Bonchev–Trinajstić information content (AvgIpc) is 2.72. The Hall–Kier alpha value is -1.36. The van der Waals surface area contributed by atoms with Gasteiger partial charge in [0.1, 0.15) is 5.54 Å². The lowest BCUT2D eigenvalue weighted by atomic mass is 9.95. The minimum atomic E-state index is -0.618. The number of carbonyl (C=O) groups excluding carboxylic acids is 1. The van der Waals surface area contributed by atoms with Crippen molar-refractivity contribution >= 4 is 5.97 Å². The molecule has 0 aliphatic carbocycles. The van der Waals surface area contributed by atoms with Crippen LogP contribution in [-0.4, -0.2) is 34.9 Å². The molecular weight excluding hydrogens is 266 g/mol. The normalized spacial score (nSPS) is 14.0. The van der Waals surface area contributed by atoms with Gasteiger partial charge in [-0.3, -0.25) is 9.48 Å². The fraction of sp³-hybridized carbons (Fsp3) is 0.750. The van der Waals surface area contributed by atoms with Crippen molar-refractivity contribution in [1.82, 2.24) is 15.1 Å². The molecule has 5 heteroatoms. The highest BCUT2D eigenvalue weighted by Crippen LogP contribution is 2.18. The van der Waals surface area contributed by atoms with E-state index >= 15 is 0 Å². The standard InChI is InChI=1S/C16H29N3O2/c1-7-14-12(3)18-19(13(14)4)11-9-10-16(5,17-8-2)15(20)21-6/h17H,7-11H2,1-6H3. The van der Waals surface area contributed by atoms with Crippen molar-refractivity contribution in [2.75, 3.05) is 13.7 Å². The molecule has 0 saturated heterocycles. The Morgan fingerprint density at radius 1 is 1.38 bits per heavy atom. The van der Waals surface area contributed by atoms with Gasteiger partial charge in [-0.25, -0.2) is 0 Å². The van der Waals surface area contributed by atoms with Gasteiger partial charge in [0, 0.05) is 12.2 Å². The van der Waals surface area contributed by atoms with Crippen molar-refractivity contribution in [2.24, 2.45) is 0 Å². The number of aromatic nitrogens is 2. The summed E-state index contributed by atoms with van der Waals surface area (Å²) >= 11 is 0. The zero-order valence-electron chi connectivity index (χ0n) is 14.2. The molecule has 1 N–H and O–H groups in total. The number of aryl methyl sites for hydroxylation is 2. The number of nitrogens with zero attached hydrogens (tertiary/aromatic N) is 2. The summed E-state index contributed by atoms with van der Waals surface area (Å²) in [7, 11) is 1.44. The van der Waals surface area contributed by atoms with E-state index in [1.165, 1.54) is 18.4 Å². The third kappa shape index (κ3) is 4.06. The fourth-order valence-electron chi connectivity index (χ4n) is 2.92. The summed E-state index contributed by atoms with van der Waals surface area (Å²) < 4.78 is 6.96. The molecule has 0 amide bonds. The van der Waals surface area contributed by atoms with E-state index in [1.807, 2.05) is 13.8 Å². The number of esters is 1. The lowest BCUT2D eigenvalue weighted by Gasteiger charge is -2.27. The lowest BCUT2D eigenvalue weighted by molar-refractivity contribution is -0.148. The Morgan fingerprint density at radius 3 is 2.52 bits per heavy atom. The Labute approximate surface area is 128 Å². The molecule has 0 aliphatic rings. The number of hydrogen-bond acceptors (Lipinski definition) is 4. The van der Waals surface area contributed by atoms with Gasteiger partial charge >= 0.3 is 5.97 Å². The molecule has 1 atom stereocenters. The third-order valence-electron chi connectivity index (χ3n) is 4.13. The SMILES string of the molecule is CCNC(C)(CCCn1nc(C)c(CC)c1C)C(=O)OC. The summed E-state index contributed by atoms with van der Waals surface area (Å²) in [6.07, 6.45) is 2.62. The second kappa shape index (κ2) is 7.59. The maximum atomic E-state index is 11.9. The second-order valence-electron chi connectivity index (χ2n) is 5.68. The highest BCUT2D eigenvalue weighted by molar-refractivity contribution is 5.80. The quantitative estimate of drug-likeness (QED) is 0.748. The van der Waals surface area contributed by atoms with Crippen LogP contribution >= 0.6 is 0 Å². The predicted octanol–water partition coefficient (Wildman–Crippen LogP) is 2.38. The molecule has 1 unspecified atom stereocenters. The molecule has 0 radical (unpaired) electrons. The van der Waals surface area contributed by atoms with Crippen LogP contribution in [0.15, 0.2) is 0 Å². The predicted molar refractivity (Wildman–Crippen MR) is 84.4 cm³/mol. The van der Waals surface area contributed by atoms with Crippen molar-refractivity contribution in [3.8, 4) is 0 Å². The summed E-state index contributed by atoms with van der Waals surface area (Å²) in [4.78, 5) is 11.9. The van der Waals surface area contributed by atoms with Crippen LogP contribution in [0, 0.1) is 13.8 Å². The minimum absolute atomic E-state index is 0.202. The van der Waals surface area contributed by atoms with Crippen molar-refractivity contribution in [2.45, 2.75) is 66.0 Å². The van der Waals surface area contributed by atoms with Crippen molar-refractivity contribution in [1.29, 1.82) is 0 Å². The van der Waals surface area contributed by atoms with Gasteiger partial charge in [-0.2, -0.15) is 5.10 Å². The number of rotatable bonds is 8. The summed E-state index contributed by atoms with van der Waals surface area (Å²) in [6.45, 7) is 11.8. The monoisotopic (exact) mass is 295 g/mol. The van der Waals surface area contributed by atoms with E-state index in [0.29, 0.717) is 0 Å². The molecule has 0 bridgehead atoms. The van der Waals surface area contributed by atoms with Crippen LogP contribution in [-0.2, 0) is 22.5 Å². The molecule has 1 heterocycles. The van der Waals surface area contributed by atoms with Gasteiger partial charge in [0.15, 0.2) is 0 Å². The van der Waals surface area contributed by atoms with E-state index in [9.17, 15) is 4.79 Å². The van der Waals surface area contributed by atoms with Gasteiger partial charge in [-0.1, -0.05) is 13.8 Å². The molecule has 5 nitrogen and oxygen atoms in total. The number of likely N-dealkylation sites (N-methyl/N-ethyl adjacent to an activating group) is 1. The van der Waals surface area contributed by atoms with Crippen LogP contribution in [0.25, 0.3) is 0 Å². The first kappa shape index (κ1) is 17.7. The zero-order valence-corrected chi connectivity index (χ0v) is 14.2. The third-order valence-corrected chi connectivity index (χ3v) is 4.13. The molecule has 1 aromatic rings. The van der Waals surface area contributed by atoms with Crippen molar-refractivity contribution < 1.29 is 9.53 Å². The summed E-state index contributed by atoms with van der Waals surface area (Å²) in [5.74, 6) is -0.202. The molecule has 0 fully saturated rings. The van der Waals surface area contributed by atoms with Crippen LogP contribution in [0.4, 0.5) is 0 Å². The highest BCUT2D eigenvalue weighted by Gasteiger charge is 2.32. The van der Waals surface area contributed by atoms with Gasteiger partial charge in [0.05, 0.1) is 12.8 Å². The number of methoxy groups -OCH3 is 1. The maximum absolute atomic E-state index is 11.9. The van der Waals surface area contributed by atoms with Crippen LogP contribution in [0.1, 0.15) is 50.6 Å². The highest BCUT2D eigenvalue weighted by atomic mass is 16.5. The largest absolute Gasteiger partial charge is 0.468 e. The second-order valence-corrected chi connectivity index (χ2v) is 5.68. The molecule has 0 spiro atoms. The molecule has 1 aromatic heterocycles. The van der Waals surface area contributed by atoms with Gasteiger partial charge in [0.25, 0.3) is 0 Å². The summed E-state index contributed by atoms with van der Waals surface area (Å²) in [5.41, 5.74) is 3.06. The molecule has 0 saturated carbocycles. The Bertz CT molecular complexity index is 482. The molecule has 120 valence electrons. The summed E-state index contributed by atoms with van der Waals surface area (Å²) in [5, 5.41) is 7.83. The summed E-state index contributed by atoms with van der Waals surface area (Å²) in [6, 6.07) is 0. The van der Waals surface area contributed by atoms with Crippen LogP contribution < -0.4 is 5.32 Å². The number of carbonyl (C=O) groups is 1. The van der Waals surface area contributed by atoms with E-state index in [2.05, 4.69) is 35.9 Å². The molecule has 21 heavy (non-hydrogen) atoms. The maximum Gasteiger partial charge on any atom is 0.325 e. The van der Waals surface area contributed by atoms with Crippen molar-refractivity contribution in [3.63, 3.8) is 0 Å². The van der Waals surface area contributed by atoms with E-state index in [1.54, 1.807) is 0 Å². The Morgan fingerprint density at radius 2 is 2.05 bits per heavy atom. The van der Waals surface area contributed by atoms with Gasteiger partial charge in [0.2, 0.25) is 0 Å². The Balaban J connectivity index is 2.69. The van der Waals surface area contributed by atoms with Crippen molar-refractivity contribution in [3.05, 3.63) is 17.0 Å². The van der Waals surface area contributed by atoms with Gasteiger partial charge in [-0.15, -0.1) is 0 Å². The smallest absolute Gasteiger partial charge is 0.325 e. The van der Waals surface area contributed by atoms with Crippen LogP contribution in [0.3, 0.4) is 0 Å². The van der Waals surface area contributed by atoms with Crippen LogP contribution in [0.2, 0.25) is 0 Å². The number of hydrogen-bond donors (Lipinski definition) is 1. The van der Waals surface area contributed by atoms with Gasteiger partial charge in [-0.05, 0) is 52.1 Å². The lowest BCUT2D eigenvalue weighted by Crippen LogP contribution is -2.50. The minimum Gasteiger partial charge on any atom is -0.468 e. The fourth-order valence-corrected chi connectivity index (χ4v) is 2.92. The first-order chi connectivity index (χ1) is 9.89. The van der Waals surface area contributed by atoms with E-state index in [4.69, 9.17) is 4.74 Å². The molecular formula is C16H29N3O2. The van der Waals surface area contributed by atoms with Crippen LogP contribution in [0.5, 0.6) is 0 Å². The van der Waals surface area contributed by atoms with E-state index in [0.717, 1.165) is 38.0 Å². The first-order valence-electron chi connectivity index (χ1n) is 7.75. The molecule has 0 aromatic carbocycles.